The summed E-state index contributed by atoms with van der Waals surface area (Å²) in [6.45, 7) is 11.0. The van der Waals surface area contributed by atoms with Crippen LogP contribution in [0.25, 0.3) is 0 Å². The van der Waals surface area contributed by atoms with Gasteiger partial charge in [0.1, 0.15) is 6.10 Å². The van der Waals surface area contributed by atoms with Crippen molar-refractivity contribution in [3.63, 3.8) is 0 Å². The fourth-order valence-corrected chi connectivity index (χ4v) is 5.06. The Morgan fingerprint density at radius 2 is 1.34 bits per heavy atom. The fourth-order valence-electron chi connectivity index (χ4n) is 4.31. The lowest BCUT2D eigenvalue weighted by Gasteiger charge is -2.18. The van der Waals surface area contributed by atoms with Gasteiger partial charge in [0.15, 0.2) is 0 Å². The van der Waals surface area contributed by atoms with E-state index >= 15 is 0 Å². The molecule has 0 aromatic carbocycles. The van der Waals surface area contributed by atoms with Crippen LogP contribution in [0.15, 0.2) is 0 Å². The van der Waals surface area contributed by atoms with Crippen LogP contribution < -0.4 is 5.32 Å². The molecular formula is C27H58NO6P. The molecule has 2 N–H and O–H groups in total. The van der Waals surface area contributed by atoms with Gasteiger partial charge in [-0.2, -0.15) is 0 Å². The number of unbranched alkanes of at least 4 members (excludes halogenated alkanes) is 2. The minimum absolute atomic E-state index is 0.0437. The quantitative estimate of drug-likeness (QED) is 0.0934. The van der Waals surface area contributed by atoms with Crippen LogP contribution in [0.4, 0.5) is 0 Å². The zero-order valence-corrected chi connectivity index (χ0v) is 24.7. The Labute approximate surface area is 217 Å². The van der Waals surface area contributed by atoms with E-state index in [2.05, 4.69) is 33.0 Å². The van der Waals surface area contributed by atoms with Crippen molar-refractivity contribution < 1.29 is 28.0 Å². The summed E-state index contributed by atoms with van der Waals surface area (Å²) in [5.41, 5.74) is 0. The Bertz CT molecular complexity index is 510. The van der Waals surface area contributed by atoms with Crippen molar-refractivity contribution in [3.05, 3.63) is 0 Å². The van der Waals surface area contributed by atoms with Crippen molar-refractivity contribution in [1.82, 2.24) is 5.32 Å². The van der Waals surface area contributed by atoms with Gasteiger partial charge >= 0.3 is 7.82 Å². The molecule has 0 saturated heterocycles. The summed E-state index contributed by atoms with van der Waals surface area (Å²) in [5.74, 6) is 2.56. The molecular weight excluding hydrogens is 465 g/mol. The van der Waals surface area contributed by atoms with Crippen molar-refractivity contribution in [2.75, 3.05) is 47.1 Å². The summed E-state index contributed by atoms with van der Waals surface area (Å²) in [5, 5.41) is 2.84. The number of phosphoric ester groups is 1. The number of hydrogen-bond acceptors (Lipinski definition) is 6. The van der Waals surface area contributed by atoms with Gasteiger partial charge in [0.25, 0.3) is 0 Å². The maximum absolute atomic E-state index is 11.8. The second-order valence-corrected chi connectivity index (χ2v) is 11.9. The summed E-state index contributed by atoms with van der Waals surface area (Å²) in [4.78, 5) is 9.64. The molecule has 0 aliphatic rings. The predicted octanol–water partition coefficient (Wildman–Crippen LogP) is 6.98. The average Bonchev–Trinajstić information content (AvgIpc) is 2.80. The monoisotopic (exact) mass is 523 g/mol. The molecule has 0 aromatic heterocycles. The summed E-state index contributed by atoms with van der Waals surface area (Å²) in [6, 6.07) is 0. The molecule has 5 unspecified atom stereocenters. The highest BCUT2D eigenvalue weighted by Crippen LogP contribution is 2.43. The normalized spacial score (nSPS) is 17.1. The molecule has 0 aliphatic carbocycles. The molecule has 0 aliphatic heterocycles. The highest BCUT2D eigenvalue weighted by Gasteiger charge is 2.23. The Morgan fingerprint density at radius 1 is 0.771 bits per heavy atom. The summed E-state index contributed by atoms with van der Waals surface area (Å²) in [7, 11) is -0.774. The van der Waals surface area contributed by atoms with Gasteiger partial charge in [0.05, 0.1) is 19.8 Å². The molecule has 0 fully saturated rings. The second-order valence-electron chi connectivity index (χ2n) is 10.4. The molecule has 0 amide bonds. The van der Waals surface area contributed by atoms with E-state index in [9.17, 15) is 9.46 Å². The van der Waals surface area contributed by atoms with Gasteiger partial charge in [-0.3, -0.25) is 9.05 Å². The highest BCUT2D eigenvalue weighted by molar-refractivity contribution is 7.47. The Hall–Kier alpha value is -0.0100. The lowest BCUT2D eigenvalue weighted by Crippen LogP contribution is -2.24. The molecule has 0 rings (SSSR count). The van der Waals surface area contributed by atoms with Crippen LogP contribution in [0.1, 0.15) is 105 Å². The number of likely N-dealkylation sites (N-methyl/N-ethyl adjacent to an activating group) is 1. The van der Waals surface area contributed by atoms with Gasteiger partial charge in [-0.1, -0.05) is 98.3 Å². The van der Waals surface area contributed by atoms with E-state index in [0.717, 1.165) is 30.6 Å². The number of methoxy groups -OCH3 is 1. The average molecular weight is 524 g/mol. The molecule has 0 aromatic rings. The maximum atomic E-state index is 11.8. The van der Waals surface area contributed by atoms with E-state index in [1.807, 2.05) is 0 Å². The molecule has 212 valence electrons. The summed E-state index contributed by atoms with van der Waals surface area (Å²) >= 11 is 0. The molecule has 0 radical (unpaired) electrons. The van der Waals surface area contributed by atoms with Crippen LogP contribution in [0.3, 0.4) is 0 Å². The third kappa shape index (κ3) is 22.9. The fraction of sp³-hybridized carbons (Fsp3) is 1.00. The van der Waals surface area contributed by atoms with Gasteiger partial charge < -0.3 is 19.7 Å². The smallest absolute Gasteiger partial charge is 0.379 e. The molecule has 0 bridgehead atoms. The first kappa shape index (κ1) is 35.0. The van der Waals surface area contributed by atoms with Crippen molar-refractivity contribution >= 4 is 7.82 Å². The third-order valence-electron chi connectivity index (χ3n) is 6.72. The van der Waals surface area contributed by atoms with Crippen LogP contribution >= 0.6 is 7.82 Å². The van der Waals surface area contributed by atoms with E-state index in [0.29, 0.717) is 19.8 Å². The van der Waals surface area contributed by atoms with Gasteiger partial charge in [-0.25, -0.2) is 4.57 Å². The first-order valence-electron chi connectivity index (χ1n) is 14.1. The lowest BCUT2D eigenvalue weighted by atomic mass is 9.91. The second kappa shape index (κ2) is 23.1. The number of nitrogens with one attached hydrogen (secondary N) is 1. The van der Waals surface area contributed by atoms with Crippen molar-refractivity contribution in [2.24, 2.45) is 17.8 Å². The van der Waals surface area contributed by atoms with Gasteiger partial charge in [0.2, 0.25) is 0 Å². The molecule has 5 atom stereocenters. The molecule has 8 heteroatoms. The lowest BCUT2D eigenvalue weighted by molar-refractivity contribution is -0.0220. The van der Waals surface area contributed by atoms with Gasteiger partial charge in [-0.15, -0.1) is 0 Å². The van der Waals surface area contributed by atoms with Crippen molar-refractivity contribution in [1.29, 1.82) is 0 Å². The topological polar surface area (TPSA) is 86.3 Å². The molecule has 0 heterocycles. The highest BCUT2D eigenvalue weighted by atomic mass is 31.2. The van der Waals surface area contributed by atoms with E-state index in [1.54, 1.807) is 7.05 Å². The van der Waals surface area contributed by atoms with E-state index in [4.69, 9.17) is 18.5 Å². The first-order chi connectivity index (χ1) is 16.7. The van der Waals surface area contributed by atoms with E-state index in [1.165, 1.54) is 71.3 Å². The van der Waals surface area contributed by atoms with Crippen LogP contribution in [0.2, 0.25) is 0 Å². The van der Waals surface area contributed by atoms with Crippen molar-refractivity contribution in [2.45, 2.75) is 111 Å². The van der Waals surface area contributed by atoms with E-state index in [-0.39, 0.29) is 13.2 Å². The molecule has 0 spiro atoms. The Kier molecular flexibility index (Phi) is 23.1. The van der Waals surface area contributed by atoms with Gasteiger partial charge in [0, 0.05) is 20.3 Å². The first-order valence-corrected chi connectivity index (χ1v) is 15.6. The van der Waals surface area contributed by atoms with Crippen LogP contribution in [-0.2, 0) is 23.1 Å². The summed E-state index contributed by atoms with van der Waals surface area (Å²) in [6.07, 6.45) is 15.3. The summed E-state index contributed by atoms with van der Waals surface area (Å²) < 4.78 is 32.6. The van der Waals surface area contributed by atoms with Gasteiger partial charge in [-0.05, 0) is 31.2 Å². The third-order valence-corrected chi connectivity index (χ3v) is 7.71. The Morgan fingerprint density at radius 3 is 1.89 bits per heavy atom. The number of rotatable bonds is 26. The standard InChI is InChI=1S/C27H58NO6P/c1-7-13-24(2)15-11-17-26(4)18-12-16-25(3)14-9-8-10-20-32-22-27(31-6)23-34-35(29,30)33-21-19-28-5/h24-28H,7-23H2,1-6H3,(H,29,30). The SMILES string of the molecule is CCCC(C)CCCC(C)CCCC(C)CCCCCOCC(COP(=O)(O)OCCNC)OC. The molecule has 0 saturated carbocycles. The number of phosphoric acid groups is 1. The van der Waals surface area contributed by atoms with Crippen LogP contribution in [0.5, 0.6) is 0 Å². The number of ether oxygens (including phenoxy) is 2. The Balaban J connectivity index is 3.68. The van der Waals surface area contributed by atoms with E-state index < -0.39 is 13.9 Å². The predicted molar refractivity (Wildman–Crippen MR) is 146 cm³/mol. The number of hydrogen-bond donors (Lipinski definition) is 2. The largest absolute Gasteiger partial charge is 0.472 e. The zero-order valence-electron chi connectivity index (χ0n) is 23.8. The van der Waals surface area contributed by atoms with Crippen LogP contribution in [0, 0.1) is 17.8 Å². The molecule has 7 nitrogen and oxygen atoms in total. The maximum Gasteiger partial charge on any atom is 0.472 e. The minimum atomic E-state index is -4.05. The molecule has 35 heavy (non-hydrogen) atoms. The zero-order chi connectivity index (χ0) is 26.4. The minimum Gasteiger partial charge on any atom is -0.379 e. The van der Waals surface area contributed by atoms with Crippen molar-refractivity contribution in [3.8, 4) is 0 Å². The van der Waals surface area contributed by atoms with Crippen LogP contribution in [-0.4, -0.2) is 58.1 Å².